The highest BCUT2D eigenvalue weighted by Crippen LogP contribution is 2.28. The van der Waals surface area contributed by atoms with Gasteiger partial charge in [0.2, 0.25) is 20.9 Å². The molecule has 2 heterocycles. The number of halogens is 1. The summed E-state index contributed by atoms with van der Waals surface area (Å²) in [6.45, 7) is 3.77. The third kappa shape index (κ3) is 3.77. The Morgan fingerprint density at radius 2 is 1.80 bits per heavy atom. The van der Waals surface area contributed by atoms with Crippen molar-refractivity contribution in [2.45, 2.75) is 25.4 Å². The molecule has 0 saturated heterocycles. The molecule has 25 heavy (non-hydrogen) atoms. The number of hydrogen-bond donors (Lipinski definition) is 0. The van der Waals surface area contributed by atoms with Gasteiger partial charge in [-0.05, 0) is 41.4 Å². The zero-order chi connectivity index (χ0) is 18.0. The first kappa shape index (κ1) is 17.7. The second kappa shape index (κ2) is 7.01. The van der Waals surface area contributed by atoms with E-state index in [-0.39, 0.29) is 22.5 Å². The quantitative estimate of drug-likeness (QED) is 0.580. The maximum atomic E-state index is 12.2. The normalized spacial score (nSPS) is 11.6. The van der Waals surface area contributed by atoms with Crippen molar-refractivity contribution in [2.24, 2.45) is 0 Å². The molecule has 0 aliphatic rings. The number of hydrogen-bond acceptors (Lipinski definition) is 7. The Morgan fingerprint density at radius 1 is 1.12 bits per heavy atom. The Bertz CT molecular complexity index is 1000. The summed E-state index contributed by atoms with van der Waals surface area (Å²) in [5.41, 5.74) is 2.14. The predicted molar refractivity (Wildman–Crippen MR) is 95.5 cm³/mol. The summed E-state index contributed by atoms with van der Waals surface area (Å²) in [5, 5.41) is 7.75. The van der Waals surface area contributed by atoms with E-state index in [9.17, 15) is 8.42 Å². The molecule has 0 saturated carbocycles. The van der Waals surface area contributed by atoms with Crippen LogP contribution >= 0.6 is 15.9 Å². The number of benzene rings is 1. The van der Waals surface area contributed by atoms with Gasteiger partial charge in [0.25, 0.3) is 5.89 Å². The Hall–Kier alpha value is -2.13. The van der Waals surface area contributed by atoms with Crippen LogP contribution < -0.4 is 0 Å². The number of nitrogens with zero attached hydrogens (tertiary/aromatic N) is 4. The molecule has 130 valence electrons. The molecule has 0 amide bonds. The third-order valence-corrected chi connectivity index (χ3v) is 5.68. The smallest absolute Gasteiger partial charge is 0.267 e. The molecular formula is C16H15BrN4O3S. The Balaban J connectivity index is 2.01. The molecule has 0 aliphatic carbocycles. The highest BCUT2D eigenvalue weighted by Gasteiger charge is 2.22. The van der Waals surface area contributed by atoms with Crippen molar-refractivity contribution < 1.29 is 12.8 Å². The Morgan fingerprint density at radius 3 is 2.48 bits per heavy atom. The van der Waals surface area contributed by atoms with Crippen molar-refractivity contribution in [1.82, 2.24) is 20.2 Å². The minimum Gasteiger partial charge on any atom is -0.415 e. The molecule has 3 aromatic rings. The van der Waals surface area contributed by atoms with E-state index >= 15 is 0 Å². The van der Waals surface area contributed by atoms with Gasteiger partial charge in [0.05, 0.1) is 10.2 Å². The summed E-state index contributed by atoms with van der Waals surface area (Å²) in [4.78, 5) is 8.01. The molecule has 0 atom stereocenters. The first-order valence-electron chi connectivity index (χ1n) is 7.57. The molecule has 0 unspecified atom stereocenters. The van der Waals surface area contributed by atoms with Gasteiger partial charge in [-0.2, -0.15) is 0 Å². The van der Waals surface area contributed by atoms with E-state index in [0.717, 1.165) is 11.1 Å². The molecule has 0 bridgehead atoms. The average molecular weight is 423 g/mol. The van der Waals surface area contributed by atoms with Gasteiger partial charge >= 0.3 is 0 Å². The fourth-order valence-electron chi connectivity index (χ4n) is 2.14. The molecule has 0 fully saturated rings. The van der Waals surface area contributed by atoms with Crippen LogP contribution in [-0.4, -0.2) is 34.3 Å². The molecule has 2 aromatic heterocycles. The van der Waals surface area contributed by atoms with Crippen LogP contribution in [0.2, 0.25) is 0 Å². The Kier molecular flexibility index (Phi) is 4.96. The van der Waals surface area contributed by atoms with Gasteiger partial charge < -0.3 is 4.42 Å². The summed E-state index contributed by atoms with van der Waals surface area (Å²) in [5.74, 6) is 0.434. The van der Waals surface area contributed by atoms with E-state index in [4.69, 9.17) is 4.42 Å². The van der Waals surface area contributed by atoms with E-state index in [1.165, 1.54) is 6.20 Å². The lowest BCUT2D eigenvalue weighted by molar-refractivity contribution is 0.575. The van der Waals surface area contributed by atoms with E-state index in [0.29, 0.717) is 16.8 Å². The van der Waals surface area contributed by atoms with Crippen LogP contribution in [0.4, 0.5) is 0 Å². The molecule has 0 spiro atoms. The van der Waals surface area contributed by atoms with Gasteiger partial charge in [0, 0.05) is 11.8 Å². The molecule has 1 aromatic carbocycles. The molecule has 0 radical (unpaired) electrons. The monoisotopic (exact) mass is 422 g/mol. The largest absolute Gasteiger partial charge is 0.415 e. The highest BCUT2D eigenvalue weighted by atomic mass is 79.9. The SMILES string of the molecule is CCCS(=O)(=O)c1ncc(Br)c(-c2nnc(-c3ccc(C)cc3)o2)n1. The lowest BCUT2D eigenvalue weighted by Crippen LogP contribution is -2.11. The van der Waals surface area contributed by atoms with Crippen LogP contribution in [0.25, 0.3) is 23.0 Å². The molecule has 3 rings (SSSR count). The van der Waals surface area contributed by atoms with Crippen molar-refractivity contribution in [1.29, 1.82) is 0 Å². The number of aryl methyl sites for hydroxylation is 1. The summed E-state index contributed by atoms with van der Waals surface area (Å²) < 4.78 is 30.5. The highest BCUT2D eigenvalue weighted by molar-refractivity contribution is 9.10. The van der Waals surface area contributed by atoms with Crippen molar-refractivity contribution >= 4 is 25.8 Å². The van der Waals surface area contributed by atoms with Crippen molar-refractivity contribution in [2.75, 3.05) is 5.75 Å². The van der Waals surface area contributed by atoms with Gasteiger partial charge in [-0.25, -0.2) is 18.4 Å². The standard InChI is InChI=1S/C16H15BrN4O3S/c1-3-8-25(22,23)16-18-9-12(17)13(19-16)15-21-20-14(24-15)11-6-4-10(2)5-7-11/h4-7,9H,3,8H2,1-2H3. The van der Waals surface area contributed by atoms with E-state index < -0.39 is 9.84 Å². The second-order valence-corrected chi connectivity index (χ2v) is 8.30. The fourth-order valence-corrected chi connectivity index (χ4v) is 3.67. The summed E-state index contributed by atoms with van der Waals surface area (Å²) in [7, 11) is -3.54. The summed E-state index contributed by atoms with van der Waals surface area (Å²) >= 11 is 3.30. The van der Waals surface area contributed by atoms with E-state index in [1.807, 2.05) is 31.2 Å². The van der Waals surface area contributed by atoms with E-state index in [2.05, 4.69) is 36.1 Å². The summed E-state index contributed by atoms with van der Waals surface area (Å²) in [6.07, 6.45) is 1.86. The first-order chi connectivity index (χ1) is 11.9. The van der Waals surface area contributed by atoms with Gasteiger partial charge in [0.15, 0.2) is 0 Å². The number of aromatic nitrogens is 4. The minimum atomic E-state index is -3.54. The van der Waals surface area contributed by atoms with Crippen molar-refractivity contribution in [3.8, 4) is 23.0 Å². The van der Waals surface area contributed by atoms with Gasteiger partial charge in [-0.1, -0.05) is 24.6 Å². The molecule has 0 aliphatic heterocycles. The van der Waals surface area contributed by atoms with Crippen molar-refractivity contribution in [3.63, 3.8) is 0 Å². The zero-order valence-corrected chi connectivity index (χ0v) is 16.0. The Labute approximate surface area is 153 Å². The maximum Gasteiger partial charge on any atom is 0.267 e. The maximum absolute atomic E-state index is 12.2. The van der Waals surface area contributed by atoms with Crippen LogP contribution in [0.15, 0.2) is 44.5 Å². The van der Waals surface area contributed by atoms with Gasteiger partial charge in [0.1, 0.15) is 5.69 Å². The number of rotatable bonds is 5. The first-order valence-corrected chi connectivity index (χ1v) is 10.0. The molecule has 9 heteroatoms. The summed E-state index contributed by atoms with van der Waals surface area (Å²) in [6, 6.07) is 7.63. The second-order valence-electron chi connectivity index (χ2n) is 5.45. The topological polar surface area (TPSA) is 98.8 Å². The van der Waals surface area contributed by atoms with Crippen molar-refractivity contribution in [3.05, 3.63) is 40.5 Å². The van der Waals surface area contributed by atoms with Crippen LogP contribution in [-0.2, 0) is 9.84 Å². The number of sulfone groups is 1. The lowest BCUT2D eigenvalue weighted by Gasteiger charge is -2.03. The van der Waals surface area contributed by atoms with Crippen LogP contribution in [0, 0.1) is 6.92 Å². The third-order valence-electron chi connectivity index (χ3n) is 3.40. The van der Waals surface area contributed by atoms with E-state index in [1.54, 1.807) is 6.92 Å². The molecular weight excluding hydrogens is 408 g/mol. The van der Waals surface area contributed by atoms with Gasteiger partial charge in [-0.15, -0.1) is 10.2 Å². The fraction of sp³-hybridized carbons (Fsp3) is 0.250. The molecule has 0 N–H and O–H groups in total. The minimum absolute atomic E-state index is 0.0213. The molecule has 7 nitrogen and oxygen atoms in total. The zero-order valence-electron chi connectivity index (χ0n) is 13.6. The van der Waals surface area contributed by atoms with Gasteiger partial charge in [-0.3, -0.25) is 0 Å². The predicted octanol–water partition coefficient (Wildman–Crippen LogP) is 3.45. The van der Waals surface area contributed by atoms with Crippen LogP contribution in [0.5, 0.6) is 0 Å². The van der Waals surface area contributed by atoms with Crippen LogP contribution in [0.1, 0.15) is 18.9 Å². The van der Waals surface area contributed by atoms with Crippen LogP contribution in [0.3, 0.4) is 0 Å². The lowest BCUT2D eigenvalue weighted by atomic mass is 10.1. The average Bonchev–Trinajstić information content (AvgIpc) is 3.05.